The molecule has 0 bridgehead atoms. The van der Waals surface area contributed by atoms with E-state index in [0.29, 0.717) is 16.7 Å². The predicted octanol–water partition coefficient (Wildman–Crippen LogP) is 2.21. The summed E-state index contributed by atoms with van der Waals surface area (Å²) in [6.45, 7) is 2.24. The van der Waals surface area contributed by atoms with E-state index in [0.717, 1.165) is 11.3 Å². The number of halogens is 1. The average molecular weight is 255 g/mol. The van der Waals surface area contributed by atoms with Gasteiger partial charge in [0.25, 0.3) is 5.91 Å². The quantitative estimate of drug-likeness (QED) is 0.718. The maximum atomic E-state index is 11.7. The van der Waals surface area contributed by atoms with Gasteiger partial charge in [0, 0.05) is 12.1 Å². The molecule has 3 nitrogen and oxygen atoms in total. The maximum Gasteiger partial charge on any atom is 0.252 e. The van der Waals surface area contributed by atoms with E-state index in [-0.39, 0.29) is 5.91 Å². The molecule has 0 atom stereocenters. The molecule has 0 saturated carbocycles. The van der Waals surface area contributed by atoms with Gasteiger partial charge in [0.05, 0.1) is 12.2 Å². The number of anilines is 1. The number of amides is 1. The van der Waals surface area contributed by atoms with Crippen LogP contribution in [-0.4, -0.2) is 29.5 Å². The second-order valence-corrected chi connectivity index (χ2v) is 4.57. The standard InChI is InChI=1S/C11H11ClN2OS/c1-7-3-4-8(5-9(7)12)14-10(15)6-13(2)11(14)16/h3-5H,6H2,1-2H3. The van der Waals surface area contributed by atoms with Crippen LogP contribution < -0.4 is 4.90 Å². The molecular formula is C11H11ClN2OS. The number of rotatable bonds is 1. The molecule has 2 rings (SSSR count). The number of thiocarbonyl (C=S) groups is 1. The molecular weight excluding hydrogens is 244 g/mol. The van der Waals surface area contributed by atoms with E-state index >= 15 is 0 Å². The van der Waals surface area contributed by atoms with Crippen molar-refractivity contribution in [2.75, 3.05) is 18.5 Å². The summed E-state index contributed by atoms with van der Waals surface area (Å²) in [7, 11) is 1.80. The van der Waals surface area contributed by atoms with Gasteiger partial charge in [-0.05, 0) is 36.8 Å². The first-order chi connectivity index (χ1) is 7.50. The van der Waals surface area contributed by atoms with Crippen LogP contribution in [0, 0.1) is 6.92 Å². The zero-order valence-corrected chi connectivity index (χ0v) is 10.6. The Kier molecular flexibility index (Phi) is 2.86. The van der Waals surface area contributed by atoms with Crippen molar-refractivity contribution >= 4 is 40.5 Å². The van der Waals surface area contributed by atoms with Crippen molar-refractivity contribution in [2.45, 2.75) is 6.92 Å². The number of hydrogen-bond acceptors (Lipinski definition) is 2. The summed E-state index contributed by atoms with van der Waals surface area (Å²) < 4.78 is 0. The third-order valence-electron chi connectivity index (χ3n) is 2.55. The minimum atomic E-state index is -0.0209. The van der Waals surface area contributed by atoms with E-state index in [1.54, 1.807) is 18.0 Å². The molecule has 1 heterocycles. The zero-order chi connectivity index (χ0) is 11.9. The van der Waals surface area contributed by atoms with Crippen molar-refractivity contribution in [3.05, 3.63) is 28.8 Å². The molecule has 0 unspecified atom stereocenters. The Morgan fingerprint density at radius 2 is 2.12 bits per heavy atom. The molecule has 1 saturated heterocycles. The molecule has 0 radical (unpaired) electrons. The molecule has 1 aromatic rings. The lowest BCUT2D eigenvalue weighted by molar-refractivity contribution is -0.116. The van der Waals surface area contributed by atoms with Gasteiger partial charge in [-0.2, -0.15) is 0 Å². The van der Waals surface area contributed by atoms with Crippen LogP contribution in [-0.2, 0) is 4.79 Å². The van der Waals surface area contributed by atoms with Gasteiger partial charge in [0.15, 0.2) is 5.11 Å². The van der Waals surface area contributed by atoms with Crippen molar-refractivity contribution in [3.63, 3.8) is 0 Å². The van der Waals surface area contributed by atoms with E-state index in [1.165, 1.54) is 4.90 Å². The minimum Gasteiger partial charge on any atom is -0.342 e. The molecule has 0 aliphatic carbocycles. The van der Waals surface area contributed by atoms with Crippen LogP contribution in [0.1, 0.15) is 5.56 Å². The fourth-order valence-electron chi connectivity index (χ4n) is 1.59. The lowest BCUT2D eigenvalue weighted by Gasteiger charge is -2.17. The summed E-state index contributed by atoms with van der Waals surface area (Å²) >= 11 is 11.2. The van der Waals surface area contributed by atoms with Crippen LogP contribution in [0.5, 0.6) is 0 Å². The number of carbonyl (C=O) groups is 1. The van der Waals surface area contributed by atoms with Crippen LogP contribution >= 0.6 is 23.8 Å². The van der Waals surface area contributed by atoms with Gasteiger partial charge in [-0.15, -0.1) is 0 Å². The Morgan fingerprint density at radius 1 is 1.44 bits per heavy atom. The SMILES string of the molecule is Cc1ccc(N2C(=O)CN(C)C2=S)cc1Cl. The molecule has 0 N–H and O–H groups in total. The Hall–Kier alpha value is -1.13. The first kappa shape index (κ1) is 11.4. The lowest BCUT2D eigenvalue weighted by Crippen LogP contribution is -2.31. The van der Waals surface area contributed by atoms with Crippen molar-refractivity contribution in [3.8, 4) is 0 Å². The zero-order valence-electron chi connectivity index (χ0n) is 9.03. The van der Waals surface area contributed by atoms with Crippen molar-refractivity contribution < 1.29 is 4.79 Å². The normalized spacial score (nSPS) is 16.2. The first-order valence-electron chi connectivity index (χ1n) is 4.85. The summed E-state index contributed by atoms with van der Waals surface area (Å²) in [6, 6.07) is 5.50. The molecule has 84 valence electrons. The Labute approximate surface area is 105 Å². The molecule has 1 aliphatic rings. The number of hydrogen-bond donors (Lipinski definition) is 0. The van der Waals surface area contributed by atoms with Gasteiger partial charge >= 0.3 is 0 Å². The fraction of sp³-hybridized carbons (Fsp3) is 0.273. The molecule has 1 amide bonds. The van der Waals surface area contributed by atoms with E-state index in [1.807, 2.05) is 19.1 Å². The third-order valence-corrected chi connectivity index (χ3v) is 3.45. The number of carbonyl (C=O) groups excluding carboxylic acids is 1. The average Bonchev–Trinajstić information content (AvgIpc) is 2.47. The van der Waals surface area contributed by atoms with Gasteiger partial charge in [0.1, 0.15) is 0 Å². The Morgan fingerprint density at radius 3 is 2.62 bits per heavy atom. The van der Waals surface area contributed by atoms with Crippen molar-refractivity contribution in [1.29, 1.82) is 0 Å². The molecule has 5 heteroatoms. The summed E-state index contributed by atoms with van der Waals surface area (Å²) in [4.78, 5) is 15.0. The smallest absolute Gasteiger partial charge is 0.252 e. The molecule has 1 aliphatic heterocycles. The molecule has 16 heavy (non-hydrogen) atoms. The second kappa shape index (κ2) is 4.03. The van der Waals surface area contributed by atoms with E-state index in [2.05, 4.69) is 0 Å². The van der Waals surface area contributed by atoms with Crippen LogP contribution in [0.15, 0.2) is 18.2 Å². The second-order valence-electron chi connectivity index (χ2n) is 3.80. The molecule has 1 aromatic carbocycles. The van der Waals surface area contributed by atoms with Gasteiger partial charge < -0.3 is 4.90 Å². The summed E-state index contributed by atoms with van der Waals surface area (Å²) in [5.41, 5.74) is 1.71. The number of aryl methyl sites for hydroxylation is 1. The van der Waals surface area contributed by atoms with Crippen LogP contribution in [0.25, 0.3) is 0 Å². The van der Waals surface area contributed by atoms with Crippen molar-refractivity contribution in [1.82, 2.24) is 4.90 Å². The Bertz CT molecular complexity index is 475. The van der Waals surface area contributed by atoms with E-state index in [4.69, 9.17) is 23.8 Å². The number of likely N-dealkylation sites (N-methyl/N-ethyl adjacent to an activating group) is 1. The van der Waals surface area contributed by atoms with Gasteiger partial charge in [-0.1, -0.05) is 17.7 Å². The lowest BCUT2D eigenvalue weighted by atomic mass is 10.2. The monoisotopic (exact) mass is 254 g/mol. The van der Waals surface area contributed by atoms with Crippen molar-refractivity contribution in [2.24, 2.45) is 0 Å². The highest BCUT2D eigenvalue weighted by atomic mass is 35.5. The molecule has 1 fully saturated rings. The first-order valence-corrected chi connectivity index (χ1v) is 5.63. The van der Waals surface area contributed by atoms with Gasteiger partial charge in [0.2, 0.25) is 0 Å². The van der Waals surface area contributed by atoms with Gasteiger partial charge in [-0.25, -0.2) is 0 Å². The minimum absolute atomic E-state index is 0.0209. The topological polar surface area (TPSA) is 23.6 Å². The summed E-state index contributed by atoms with van der Waals surface area (Å²) in [5, 5.41) is 1.16. The molecule has 0 spiro atoms. The summed E-state index contributed by atoms with van der Waals surface area (Å²) in [6.07, 6.45) is 0. The highest BCUT2D eigenvalue weighted by Crippen LogP contribution is 2.26. The van der Waals surface area contributed by atoms with Crippen LogP contribution in [0.2, 0.25) is 5.02 Å². The Balaban J connectivity index is 2.41. The summed E-state index contributed by atoms with van der Waals surface area (Å²) in [5.74, 6) is -0.0209. The van der Waals surface area contributed by atoms with E-state index in [9.17, 15) is 4.79 Å². The van der Waals surface area contributed by atoms with Gasteiger partial charge in [-0.3, -0.25) is 9.69 Å². The maximum absolute atomic E-state index is 11.7. The number of nitrogens with zero attached hydrogens (tertiary/aromatic N) is 2. The predicted molar refractivity (Wildman–Crippen MR) is 68.9 cm³/mol. The van der Waals surface area contributed by atoms with Crippen LogP contribution in [0.4, 0.5) is 5.69 Å². The molecule has 0 aromatic heterocycles. The fourth-order valence-corrected chi connectivity index (χ4v) is 2.04. The van der Waals surface area contributed by atoms with Crippen LogP contribution in [0.3, 0.4) is 0 Å². The largest absolute Gasteiger partial charge is 0.342 e. The third kappa shape index (κ3) is 1.79. The highest BCUT2D eigenvalue weighted by molar-refractivity contribution is 7.80. The highest BCUT2D eigenvalue weighted by Gasteiger charge is 2.31. The van der Waals surface area contributed by atoms with E-state index < -0.39 is 0 Å². The number of benzene rings is 1.